The average molecular weight is 194 g/mol. The lowest BCUT2D eigenvalue weighted by Crippen LogP contribution is -2.52. The van der Waals surface area contributed by atoms with E-state index in [0.717, 1.165) is 0 Å². The van der Waals surface area contributed by atoms with Crippen molar-refractivity contribution in [2.45, 2.75) is 0 Å². The summed E-state index contributed by atoms with van der Waals surface area (Å²) in [6, 6.07) is 0. The van der Waals surface area contributed by atoms with Gasteiger partial charge in [0.25, 0.3) is 0 Å². The van der Waals surface area contributed by atoms with Gasteiger partial charge in [-0.1, -0.05) is 0 Å². The predicted molar refractivity (Wildman–Crippen MR) is 47.8 cm³/mol. The lowest BCUT2D eigenvalue weighted by Gasteiger charge is -2.34. The summed E-state index contributed by atoms with van der Waals surface area (Å²) in [6.45, 7) is 2.04. The van der Waals surface area contributed by atoms with Crippen LogP contribution in [0, 0.1) is 0 Å². The zero-order chi connectivity index (χ0) is 10.2. The Bertz CT molecular complexity index is 91.2. The first-order valence-corrected chi connectivity index (χ1v) is 4.05. The molecule has 0 amide bonds. The van der Waals surface area contributed by atoms with E-state index < -0.39 is 0 Å². The van der Waals surface area contributed by atoms with Crippen molar-refractivity contribution in [2.75, 3.05) is 55.4 Å². The highest BCUT2D eigenvalue weighted by atomic mass is 16.6. The number of methoxy groups -OCH3 is 4. The molecule has 5 nitrogen and oxygen atoms in total. The molecule has 0 saturated heterocycles. The van der Waals surface area contributed by atoms with E-state index in [1.807, 2.05) is 0 Å². The molecule has 0 radical (unpaired) electrons. The van der Waals surface area contributed by atoms with E-state index in [0.29, 0.717) is 31.4 Å². The summed E-state index contributed by atoms with van der Waals surface area (Å²) in [5, 5.41) is 0. The van der Waals surface area contributed by atoms with E-state index in [9.17, 15) is 0 Å². The van der Waals surface area contributed by atoms with Crippen LogP contribution in [0.15, 0.2) is 0 Å². The van der Waals surface area contributed by atoms with Crippen molar-refractivity contribution in [3.63, 3.8) is 0 Å². The van der Waals surface area contributed by atoms with Crippen LogP contribution in [0.1, 0.15) is 0 Å². The van der Waals surface area contributed by atoms with Gasteiger partial charge in [-0.15, -0.1) is 0 Å². The highest BCUT2D eigenvalue weighted by molar-refractivity contribution is 4.19. The largest absolute Gasteiger partial charge is 0.335 e. The standard InChI is InChI=1S/C8H20NO4/c1-10-5-9(6-11-2,7-12-3)8-13-4/h5-8H2,1-4H3/q+1. The van der Waals surface area contributed by atoms with Crippen molar-refractivity contribution in [3.05, 3.63) is 0 Å². The summed E-state index contributed by atoms with van der Waals surface area (Å²) in [7, 11) is 6.59. The Labute approximate surface area is 79.7 Å². The van der Waals surface area contributed by atoms with E-state index in [4.69, 9.17) is 18.9 Å². The maximum atomic E-state index is 5.10. The number of ether oxygens (including phenoxy) is 4. The molecule has 13 heavy (non-hydrogen) atoms. The van der Waals surface area contributed by atoms with Crippen LogP contribution in [0.2, 0.25) is 0 Å². The predicted octanol–water partition coefficient (Wildman–Crippen LogP) is 0.219. The van der Waals surface area contributed by atoms with E-state index >= 15 is 0 Å². The zero-order valence-corrected chi connectivity index (χ0v) is 8.91. The molecule has 0 spiro atoms. The third kappa shape index (κ3) is 4.54. The number of quaternary nitrogens is 1. The molecule has 0 aromatic rings. The molecule has 5 heteroatoms. The Morgan fingerprint density at radius 1 is 0.615 bits per heavy atom. The summed E-state index contributed by atoms with van der Waals surface area (Å²) in [6.07, 6.45) is 0. The molecule has 0 aromatic carbocycles. The summed E-state index contributed by atoms with van der Waals surface area (Å²) in [5.41, 5.74) is 0. The molecular formula is C8H20NO4+. The lowest BCUT2D eigenvalue weighted by atomic mass is 10.6. The molecule has 0 saturated carbocycles. The van der Waals surface area contributed by atoms with Crippen LogP contribution >= 0.6 is 0 Å². The van der Waals surface area contributed by atoms with Crippen LogP contribution in [-0.4, -0.2) is 59.8 Å². The first-order valence-electron chi connectivity index (χ1n) is 4.05. The van der Waals surface area contributed by atoms with E-state index in [1.54, 1.807) is 28.4 Å². The molecule has 0 unspecified atom stereocenters. The van der Waals surface area contributed by atoms with Crippen LogP contribution in [0.5, 0.6) is 0 Å². The molecule has 0 aliphatic rings. The molecule has 80 valence electrons. The van der Waals surface area contributed by atoms with Crippen LogP contribution in [-0.2, 0) is 18.9 Å². The highest BCUT2D eigenvalue weighted by Gasteiger charge is 2.26. The number of hydrogen-bond donors (Lipinski definition) is 0. The first kappa shape index (κ1) is 12.8. The van der Waals surface area contributed by atoms with Gasteiger partial charge >= 0.3 is 0 Å². The maximum Gasteiger partial charge on any atom is 0.188 e. The maximum absolute atomic E-state index is 5.10. The molecule has 0 atom stereocenters. The number of nitrogens with zero attached hydrogens (tertiary/aromatic N) is 1. The molecule has 0 aromatic heterocycles. The number of rotatable bonds is 8. The van der Waals surface area contributed by atoms with E-state index in [-0.39, 0.29) is 0 Å². The van der Waals surface area contributed by atoms with Crippen LogP contribution in [0.4, 0.5) is 0 Å². The van der Waals surface area contributed by atoms with Gasteiger partial charge in [-0.3, -0.25) is 0 Å². The summed E-state index contributed by atoms with van der Waals surface area (Å²) in [4.78, 5) is 0. The second-order valence-electron chi connectivity index (χ2n) is 3.01. The van der Waals surface area contributed by atoms with Gasteiger partial charge in [0.2, 0.25) is 0 Å². The molecule has 0 heterocycles. The molecule has 0 rings (SSSR count). The van der Waals surface area contributed by atoms with Crippen molar-refractivity contribution in [2.24, 2.45) is 0 Å². The first-order chi connectivity index (χ1) is 6.24. The summed E-state index contributed by atoms with van der Waals surface area (Å²) >= 11 is 0. The second kappa shape index (κ2) is 7.23. The molecular weight excluding hydrogens is 174 g/mol. The van der Waals surface area contributed by atoms with Gasteiger partial charge in [0.05, 0.1) is 0 Å². The monoisotopic (exact) mass is 194 g/mol. The van der Waals surface area contributed by atoms with Crippen molar-refractivity contribution >= 4 is 0 Å². The van der Waals surface area contributed by atoms with Gasteiger partial charge < -0.3 is 18.9 Å². The number of hydrogen-bond acceptors (Lipinski definition) is 4. The molecule has 0 N–H and O–H groups in total. The van der Waals surface area contributed by atoms with Crippen molar-refractivity contribution < 1.29 is 23.4 Å². The SMILES string of the molecule is COC[N+](COC)(COC)COC. The van der Waals surface area contributed by atoms with Crippen LogP contribution in [0.25, 0.3) is 0 Å². The minimum absolute atomic E-state index is 0.486. The molecule has 0 fully saturated rings. The summed E-state index contributed by atoms with van der Waals surface area (Å²) in [5.74, 6) is 0. The van der Waals surface area contributed by atoms with Gasteiger partial charge in [-0.2, -0.15) is 0 Å². The minimum atomic E-state index is 0.486. The molecule has 0 bridgehead atoms. The summed E-state index contributed by atoms with van der Waals surface area (Å²) < 4.78 is 20.9. The quantitative estimate of drug-likeness (QED) is 0.409. The fraction of sp³-hybridized carbons (Fsp3) is 1.00. The lowest BCUT2D eigenvalue weighted by molar-refractivity contribution is -0.991. The van der Waals surface area contributed by atoms with E-state index in [2.05, 4.69) is 0 Å². The van der Waals surface area contributed by atoms with Crippen LogP contribution < -0.4 is 0 Å². The van der Waals surface area contributed by atoms with Gasteiger partial charge in [-0.25, -0.2) is 4.48 Å². The van der Waals surface area contributed by atoms with Crippen LogP contribution in [0.3, 0.4) is 0 Å². The van der Waals surface area contributed by atoms with Gasteiger partial charge in [0.1, 0.15) is 0 Å². The smallest absolute Gasteiger partial charge is 0.188 e. The Kier molecular flexibility index (Phi) is 7.12. The van der Waals surface area contributed by atoms with Gasteiger partial charge in [0.15, 0.2) is 26.9 Å². The normalized spacial score (nSPS) is 12.0. The zero-order valence-electron chi connectivity index (χ0n) is 8.91. The molecule has 0 aliphatic heterocycles. The third-order valence-electron chi connectivity index (χ3n) is 1.61. The van der Waals surface area contributed by atoms with Crippen molar-refractivity contribution in [3.8, 4) is 0 Å². The Morgan fingerprint density at radius 2 is 0.846 bits per heavy atom. The highest BCUT2D eigenvalue weighted by Crippen LogP contribution is 2.06. The van der Waals surface area contributed by atoms with Gasteiger partial charge in [0, 0.05) is 28.4 Å². The van der Waals surface area contributed by atoms with E-state index in [1.165, 1.54) is 0 Å². The fourth-order valence-corrected chi connectivity index (χ4v) is 1.32. The van der Waals surface area contributed by atoms with Crippen molar-refractivity contribution in [1.29, 1.82) is 0 Å². The van der Waals surface area contributed by atoms with Crippen molar-refractivity contribution in [1.82, 2.24) is 0 Å². The second-order valence-corrected chi connectivity index (χ2v) is 3.01. The average Bonchev–Trinajstić information content (AvgIpc) is 2.06. The fourth-order valence-electron chi connectivity index (χ4n) is 1.32. The Hall–Kier alpha value is -0.200. The molecule has 0 aliphatic carbocycles. The third-order valence-corrected chi connectivity index (χ3v) is 1.61. The topological polar surface area (TPSA) is 36.9 Å². The minimum Gasteiger partial charge on any atom is -0.335 e. The Morgan fingerprint density at radius 3 is 1.00 bits per heavy atom. The Balaban J connectivity index is 4.19. The van der Waals surface area contributed by atoms with Gasteiger partial charge in [-0.05, 0) is 0 Å².